The second-order valence-electron chi connectivity index (χ2n) is 5.16. The second-order valence-corrected chi connectivity index (χ2v) is 7.28. The number of hydrogen-bond acceptors (Lipinski definition) is 3. The van der Waals surface area contributed by atoms with Gasteiger partial charge in [0.15, 0.2) is 0 Å². The van der Waals surface area contributed by atoms with Gasteiger partial charge in [-0.05, 0) is 38.1 Å². The minimum absolute atomic E-state index is 0.134. The molecular weight excluding hydrogens is 341 g/mol. The highest BCUT2D eigenvalue weighted by atomic mass is 35.5. The molecular formula is C16H17ClFNO3S. The summed E-state index contributed by atoms with van der Waals surface area (Å²) in [5, 5.41) is 0.134. The zero-order valence-corrected chi connectivity index (χ0v) is 14.5. The largest absolute Gasteiger partial charge is 0.496 e. The predicted molar refractivity (Wildman–Crippen MR) is 87.9 cm³/mol. The van der Waals surface area contributed by atoms with E-state index in [2.05, 4.69) is 4.72 Å². The van der Waals surface area contributed by atoms with E-state index >= 15 is 0 Å². The van der Waals surface area contributed by atoms with Crippen molar-refractivity contribution in [3.05, 3.63) is 58.4 Å². The Hall–Kier alpha value is -1.63. The van der Waals surface area contributed by atoms with Crippen molar-refractivity contribution in [3.63, 3.8) is 0 Å². The van der Waals surface area contributed by atoms with Crippen molar-refractivity contribution >= 4 is 21.6 Å². The summed E-state index contributed by atoms with van der Waals surface area (Å²) in [5.41, 5.74) is 1.63. The highest BCUT2D eigenvalue weighted by molar-refractivity contribution is 7.89. The molecule has 0 heterocycles. The fraction of sp³-hybridized carbons (Fsp3) is 0.250. The topological polar surface area (TPSA) is 55.4 Å². The molecule has 0 saturated heterocycles. The molecule has 0 bridgehead atoms. The zero-order chi connectivity index (χ0) is 17.2. The number of ether oxygens (including phenoxy) is 1. The minimum atomic E-state index is -4.03. The van der Waals surface area contributed by atoms with Gasteiger partial charge in [-0.1, -0.05) is 29.3 Å². The van der Waals surface area contributed by atoms with Crippen LogP contribution in [0.4, 0.5) is 4.39 Å². The van der Waals surface area contributed by atoms with Crippen LogP contribution < -0.4 is 9.46 Å². The average Bonchev–Trinajstić information content (AvgIpc) is 2.46. The Morgan fingerprint density at radius 3 is 2.52 bits per heavy atom. The molecule has 23 heavy (non-hydrogen) atoms. The van der Waals surface area contributed by atoms with Crippen molar-refractivity contribution in [2.45, 2.75) is 24.8 Å². The molecule has 7 heteroatoms. The molecule has 124 valence electrons. The lowest BCUT2D eigenvalue weighted by Gasteiger charge is -2.18. The molecule has 0 aliphatic heterocycles. The molecule has 0 saturated carbocycles. The zero-order valence-electron chi connectivity index (χ0n) is 12.9. The van der Waals surface area contributed by atoms with E-state index in [1.165, 1.54) is 13.2 Å². The summed E-state index contributed by atoms with van der Waals surface area (Å²) in [5.74, 6) is -0.337. The van der Waals surface area contributed by atoms with Crippen LogP contribution in [0.5, 0.6) is 5.75 Å². The molecule has 0 fully saturated rings. The molecule has 0 amide bonds. The fourth-order valence-corrected chi connectivity index (χ4v) is 3.69. The van der Waals surface area contributed by atoms with Crippen LogP contribution in [0.25, 0.3) is 0 Å². The van der Waals surface area contributed by atoms with Crippen LogP contribution >= 0.6 is 11.6 Å². The molecule has 1 atom stereocenters. The van der Waals surface area contributed by atoms with Crippen LogP contribution in [0.3, 0.4) is 0 Å². The Bertz CT molecular complexity index is 824. The number of hydrogen-bond donors (Lipinski definition) is 1. The van der Waals surface area contributed by atoms with E-state index in [0.29, 0.717) is 11.3 Å². The standard InChI is InChI=1S/C16H17ClFNO3S/c1-10-4-6-15(22-3)13(8-10)11(2)19-23(20,21)16-7-5-12(17)9-14(16)18/h4-9,11,19H,1-3H3. The molecule has 2 aromatic carbocycles. The van der Waals surface area contributed by atoms with E-state index < -0.39 is 26.8 Å². The highest BCUT2D eigenvalue weighted by Crippen LogP contribution is 2.28. The molecule has 0 aliphatic rings. The quantitative estimate of drug-likeness (QED) is 0.884. The molecule has 1 unspecified atom stereocenters. The van der Waals surface area contributed by atoms with Crippen LogP contribution in [-0.4, -0.2) is 15.5 Å². The lowest BCUT2D eigenvalue weighted by atomic mass is 10.1. The van der Waals surface area contributed by atoms with Gasteiger partial charge < -0.3 is 4.74 Å². The third-order valence-electron chi connectivity index (χ3n) is 3.37. The van der Waals surface area contributed by atoms with Gasteiger partial charge in [-0.3, -0.25) is 0 Å². The third kappa shape index (κ3) is 4.02. The van der Waals surface area contributed by atoms with E-state index in [4.69, 9.17) is 16.3 Å². The van der Waals surface area contributed by atoms with Gasteiger partial charge in [0, 0.05) is 16.6 Å². The van der Waals surface area contributed by atoms with Gasteiger partial charge in [0.2, 0.25) is 10.0 Å². The first kappa shape index (κ1) is 17.7. The van der Waals surface area contributed by atoms with Crippen LogP contribution in [0.2, 0.25) is 5.02 Å². The lowest BCUT2D eigenvalue weighted by Crippen LogP contribution is -2.28. The third-order valence-corrected chi connectivity index (χ3v) is 5.18. The maximum Gasteiger partial charge on any atom is 0.244 e. The van der Waals surface area contributed by atoms with Crippen molar-refractivity contribution < 1.29 is 17.5 Å². The van der Waals surface area contributed by atoms with Gasteiger partial charge in [-0.2, -0.15) is 0 Å². The first-order valence-corrected chi connectivity index (χ1v) is 8.72. The Morgan fingerprint density at radius 1 is 1.22 bits per heavy atom. The number of halogens is 2. The first-order chi connectivity index (χ1) is 10.7. The SMILES string of the molecule is COc1ccc(C)cc1C(C)NS(=O)(=O)c1ccc(Cl)cc1F. The molecule has 0 aromatic heterocycles. The van der Waals surface area contributed by atoms with Crippen molar-refractivity contribution in [2.24, 2.45) is 0 Å². The summed E-state index contributed by atoms with van der Waals surface area (Å²) in [7, 11) is -2.52. The monoisotopic (exact) mass is 357 g/mol. The number of rotatable bonds is 5. The van der Waals surface area contributed by atoms with E-state index in [1.54, 1.807) is 13.0 Å². The van der Waals surface area contributed by atoms with Gasteiger partial charge in [-0.25, -0.2) is 17.5 Å². The van der Waals surface area contributed by atoms with Gasteiger partial charge in [-0.15, -0.1) is 0 Å². The van der Waals surface area contributed by atoms with Crippen LogP contribution in [0, 0.1) is 12.7 Å². The van der Waals surface area contributed by atoms with Gasteiger partial charge in [0.1, 0.15) is 16.5 Å². The molecule has 0 spiro atoms. The number of aryl methyl sites for hydroxylation is 1. The molecule has 2 rings (SSSR count). The maximum absolute atomic E-state index is 13.9. The number of methoxy groups -OCH3 is 1. The highest BCUT2D eigenvalue weighted by Gasteiger charge is 2.23. The van der Waals surface area contributed by atoms with Crippen LogP contribution in [0.1, 0.15) is 24.1 Å². The van der Waals surface area contributed by atoms with E-state index in [1.807, 2.05) is 19.1 Å². The summed E-state index contributed by atoms with van der Waals surface area (Å²) in [4.78, 5) is -0.444. The van der Waals surface area contributed by atoms with Crippen LogP contribution in [-0.2, 0) is 10.0 Å². The Morgan fingerprint density at radius 2 is 1.91 bits per heavy atom. The average molecular weight is 358 g/mol. The minimum Gasteiger partial charge on any atom is -0.496 e. The van der Waals surface area contributed by atoms with Crippen molar-refractivity contribution in [3.8, 4) is 5.75 Å². The Balaban J connectivity index is 2.35. The fourth-order valence-electron chi connectivity index (χ4n) is 2.25. The lowest BCUT2D eigenvalue weighted by molar-refractivity contribution is 0.405. The number of benzene rings is 2. The predicted octanol–water partition coefficient (Wildman–Crippen LogP) is 3.84. The first-order valence-electron chi connectivity index (χ1n) is 6.86. The number of sulfonamides is 1. The smallest absolute Gasteiger partial charge is 0.244 e. The van der Waals surface area contributed by atoms with E-state index in [9.17, 15) is 12.8 Å². The second kappa shape index (κ2) is 6.86. The summed E-state index contributed by atoms with van der Waals surface area (Å²) in [6.07, 6.45) is 0. The van der Waals surface area contributed by atoms with Gasteiger partial charge >= 0.3 is 0 Å². The summed E-state index contributed by atoms with van der Waals surface area (Å²) in [6.45, 7) is 3.56. The molecule has 2 aromatic rings. The van der Waals surface area contributed by atoms with Crippen molar-refractivity contribution in [1.29, 1.82) is 0 Å². The molecule has 0 aliphatic carbocycles. The van der Waals surface area contributed by atoms with Crippen LogP contribution in [0.15, 0.2) is 41.3 Å². The summed E-state index contributed by atoms with van der Waals surface area (Å²) < 4.78 is 46.4. The maximum atomic E-state index is 13.9. The summed E-state index contributed by atoms with van der Waals surface area (Å²) in [6, 6.07) is 8.29. The number of nitrogens with one attached hydrogen (secondary N) is 1. The summed E-state index contributed by atoms with van der Waals surface area (Å²) >= 11 is 5.65. The van der Waals surface area contributed by atoms with Crippen molar-refractivity contribution in [1.82, 2.24) is 4.72 Å². The molecule has 1 N–H and O–H groups in total. The van der Waals surface area contributed by atoms with Crippen molar-refractivity contribution in [2.75, 3.05) is 7.11 Å². The van der Waals surface area contributed by atoms with E-state index in [-0.39, 0.29) is 5.02 Å². The van der Waals surface area contributed by atoms with Gasteiger partial charge in [0.05, 0.1) is 7.11 Å². The molecule has 0 radical (unpaired) electrons. The normalized spacial score (nSPS) is 12.9. The Kier molecular flexibility index (Phi) is 5.29. The van der Waals surface area contributed by atoms with Gasteiger partial charge in [0.25, 0.3) is 0 Å². The molecule has 4 nitrogen and oxygen atoms in total. The van der Waals surface area contributed by atoms with E-state index in [0.717, 1.165) is 17.7 Å². The Labute approximate surface area is 140 Å².